The molecule has 3 aromatic carbocycles. The molecule has 0 saturated carbocycles. The molecule has 2 saturated heterocycles. The highest BCUT2D eigenvalue weighted by molar-refractivity contribution is 5.99. The maximum absolute atomic E-state index is 12.9. The number of urea groups is 1. The molecular formula is C31H38N4O4. The number of hydrogen-bond donors (Lipinski definition) is 2. The molecule has 2 N–H and O–H groups in total. The lowest BCUT2D eigenvalue weighted by Crippen LogP contribution is -2.43. The van der Waals surface area contributed by atoms with Gasteiger partial charge in [-0.25, -0.2) is 4.79 Å². The molecule has 39 heavy (non-hydrogen) atoms. The van der Waals surface area contributed by atoms with Crippen LogP contribution in [0.2, 0.25) is 0 Å². The van der Waals surface area contributed by atoms with Gasteiger partial charge in [-0.15, -0.1) is 0 Å². The van der Waals surface area contributed by atoms with Crippen molar-refractivity contribution in [3.05, 3.63) is 78.9 Å². The number of nitrogens with zero attached hydrogens (tertiary/aromatic N) is 2. The predicted molar refractivity (Wildman–Crippen MR) is 156 cm³/mol. The van der Waals surface area contributed by atoms with Crippen LogP contribution in [0, 0.1) is 5.92 Å². The van der Waals surface area contributed by atoms with Gasteiger partial charge in [0.15, 0.2) is 0 Å². The normalized spacial score (nSPS) is 17.2. The SMILES string of the molecule is C.CN(C(=O)C1CCOCC1)C1CCN(c2ccc(NC(=O)Nc3ccc(Oc4ccccc4)cc3)cc2)C1. The molecule has 206 valence electrons. The van der Waals surface area contributed by atoms with Crippen LogP contribution in [0.1, 0.15) is 26.7 Å². The number of benzene rings is 3. The van der Waals surface area contributed by atoms with Gasteiger partial charge in [0.2, 0.25) is 5.91 Å². The van der Waals surface area contributed by atoms with E-state index < -0.39 is 0 Å². The average Bonchev–Trinajstić information content (AvgIpc) is 3.45. The molecule has 1 unspecified atom stereocenters. The van der Waals surface area contributed by atoms with Gasteiger partial charge in [-0.1, -0.05) is 25.6 Å². The molecule has 5 rings (SSSR count). The van der Waals surface area contributed by atoms with E-state index in [1.807, 2.05) is 78.7 Å². The zero-order valence-electron chi connectivity index (χ0n) is 21.6. The Labute approximate surface area is 230 Å². The van der Waals surface area contributed by atoms with E-state index in [-0.39, 0.29) is 31.3 Å². The van der Waals surface area contributed by atoms with Crippen molar-refractivity contribution >= 4 is 29.0 Å². The zero-order valence-corrected chi connectivity index (χ0v) is 21.6. The molecular weight excluding hydrogens is 492 g/mol. The first-order valence-electron chi connectivity index (χ1n) is 13.2. The Hall–Kier alpha value is -4.04. The summed E-state index contributed by atoms with van der Waals surface area (Å²) in [6.07, 6.45) is 2.58. The quantitative estimate of drug-likeness (QED) is 0.379. The highest BCUT2D eigenvalue weighted by atomic mass is 16.5. The first-order valence-corrected chi connectivity index (χ1v) is 13.2. The van der Waals surface area contributed by atoms with Gasteiger partial charge in [0.05, 0.1) is 6.04 Å². The maximum Gasteiger partial charge on any atom is 0.323 e. The Kier molecular flexibility index (Phi) is 9.44. The van der Waals surface area contributed by atoms with Crippen molar-refractivity contribution in [2.45, 2.75) is 32.7 Å². The van der Waals surface area contributed by atoms with E-state index in [2.05, 4.69) is 15.5 Å². The third kappa shape index (κ3) is 7.29. The van der Waals surface area contributed by atoms with Crippen LogP contribution in [-0.2, 0) is 9.53 Å². The number of anilines is 3. The van der Waals surface area contributed by atoms with E-state index >= 15 is 0 Å². The molecule has 0 bridgehead atoms. The molecule has 2 heterocycles. The van der Waals surface area contributed by atoms with Gasteiger partial charge in [-0.3, -0.25) is 4.79 Å². The third-order valence-corrected chi connectivity index (χ3v) is 7.21. The van der Waals surface area contributed by atoms with Crippen LogP contribution >= 0.6 is 0 Å². The number of carbonyl (C=O) groups is 2. The number of carbonyl (C=O) groups excluding carboxylic acids is 2. The van der Waals surface area contributed by atoms with Crippen LogP contribution < -0.4 is 20.3 Å². The van der Waals surface area contributed by atoms with Crippen LogP contribution in [0.25, 0.3) is 0 Å². The summed E-state index contributed by atoms with van der Waals surface area (Å²) in [5.74, 6) is 1.78. The number of hydrogen-bond acceptors (Lipinski definition) is 5. The van der Waals surface area contributed by atoms with E-state index in [0.29, 0.717) is 30.3 Å². The Morgan fingerprint density at radius 1 is 0.846 bits per heavy atom. The fourth-order valence-electron chi connectivity index (χ4n) is 4.98. The molecule has 1 atom stereocenters. The number of likely N-dealkylation sites (N-methyl/N-ethyl adjacent to an activating group) is 1. The van der Waals surface area contributed by atoms with Gasteiger partial charge in [0.25, 0.3) is 0 Å². The lowest BCUT2D eigenvalue weighted by Gasteiger charge is -2.30. The van der Waals surface area contributed by atoms with Crippen molar-refractivity contribution in [3.63, 3.8) is 0 Å². The second-order valence-corrected chi connectivity index (χ2v) is 9.79. The van der Waals surface area contributed by atoms with Crippen molar-refractivity contribution in [1.29, 1.82) is 0 Å². The second-order valence-electron chi connectivity index (χ2n) is 9.79. The van der Waals surface area contributed by atoms with E-state index in [1.54, 1.807) is 12.1 Å². The van der Waals surface area contributed by atoms with Crippen LogP contribution in [0.5, 0.6) is 11.5 Å². The summed E-state index contributed by atoms with van der Waals surface area (Å²) in [5, 5.41) is 5.72. The van der Waals surface area contributed by atoms with Crippen molar-refractivity contribution in [2.75, 3.05) is 48.9 Å². The number of amides is 3. The molecule has 2 aliphatic heterocycles. The van der Waals surface area contributed by atoms with Gasteiger partial charge >= 0.3 is 6.03 Å². The molecule has 0 aliphatic carbocycles. The average molecular weight is 531 g/mol. The summed E-state index contributed by atoms with van der Waals surface area (Å²) >= 11 is 0. The van der Waals surface area contributed by atoms with Crippen molar-refractivity contribution in [1.82, 2.24) is 4.90 Å². The summed E-state index contributed by atoms with van der Waals surface area (Å²) in [6.45, 7) is 3.06. The highest BCUT2D eigenvalue weighted by Gasteiger charge is 2.32. The molecule has 8 nitrogen and oxygen atoms in total. The number of rotatable bonds is 7. The first kappa shape index (κ1) is 28.0. The molecule has 0 spiro atoms. The fourth-order valence-corrected chi connectivity index (χ4v) is 4.98. The Morgan fingerprint density at radius 2 is 1.44 bits per heavy atom. The van der Waals surface area contributed by atoms with Gasteiger partial charge in [-0.2, -0.15) is 0 Å². The third-order valence-electron chi connectivity index (χ3n) is 7.21. The van der Waals surface area contributed by atoms with E-state index in [1.165, 1.54) is 0 Å². The minimum atomic E-state index is -0.316. The lowest BCUT2D eigenvalue weighted by atomic mass is 9.98. The van der Waals surface area contributed by atoms with Crippen molar-refractivity contribution in [3.8, 4) is 11.5 Å². The van der Waals surface area contributed by atoms with Crippen LogP contribution in [0.3, 0.4) is 0 Å². The van der Waals surface area contributed by atoms with E-state index in [9.17, 15) is 9.59 Å². The smallest absolute Gasteiger partial charge is 0.323 e. The monoisotopic (exact) mass is 530 g/mol. The standard InChI is InChI=1S/C30H34N4O4.CH4/c1-33(29(35)22-16-19-37-20-17-22)26-15-18-34(21-26)25-11-7-23(8-12-25)31-30(36)32-24-9-13-28(14-10-24)38-27-5-3-2-4-6-27;/h2-14,22,26H,15-21H2,1H3,(H2,31,32,36);1H4. The van der Waals surface area contributed by atoms with Crippen LogP contribution in [0.4, 0.5) is 21.9 Å². The molecule has 2 aliphatic rings. The summed E-state index contributed by atoms with van der Waals surface area (Å²) in [6, 6.07) is 24.5. The molecule has 8 heteroatoms. The van der Waals surface area contributed by atoms with Crippen LogP contribution in [0.15, 0.2) is 78.9 Å². The van der Waals surface area contributed by atoms with Gasteiger partial charge in [0.1, 0.15) is 11.5 Å². The van der Waals surface area contributed by atoms with E-state index in [0.717, 1.165) is 43.8 Å². The maximum atomic E-state index is 12.9. The van der Waals surface area contributed by atoms with Gasteiger partial charge < -0.3 is 29.9 Å². The lowest BCUT2D eigenvalue weighted by molar-refractivity contribution is -0.138. The highest BCUT2D eigenvalue weighted by Crippen LogP contribution is 2.27. The molecule has 2 fully saturated rings. The molecule has 3 amide bonds. The second kappa shape index (κ2) is 13.2. The minimum absolute atomic E-state index is 0. The summed E-state index contributed by atoms with van der Waals surface area (Å²) in [5.41, 5.74) is 2.46. The Balaban J connectivity index is 0.00000353. The topological polar surface area (TPSA) is 83.1 Å². The Bertz CT molecular complexity index is 1210. The van der Waals surface area contributed by atoms with Gasteiger partial charge in [0, 0.05) is 56.3 Å². The zero-order chi connectivity index (χ0) is 26.3. The molecule has 0 radical (unpaired) electrons. The Morgan fingerprint density at radius 3 is 2.08 bits per heavy atom. The minimum Gasteiger partial charge on any atom is -0.457 e. The van der Waals surface area contributed by atoms with Crippen molar-refractivity contribution < 1.29 is 19.1 Å². The van der Waals surface area contributed by atoms with E-state index in [4.69, 9.17) is 9.47 Å². The molecule has 3 aromatic rings. The number of ether oxygens (including phenoxy) is 2. The predicted octanol–water partition coefficient (Wildman–Crippen LogP) is 6.22. The summed E-state index contributed by atoms with van der Waals surface area (Å²) in [7, 11) is 1.93. The largest absolute Gasteiger partial charge is 0.457 e. The summed E-state index contributed by atoms with van der Waals surface area (Å²) in [4.78, 5) is 29.6. The van der Waals surface area contributed by atoms with Crippen LogP contribution in [-0.4, -0.2) is 56.2 Å². The molecule has 0 aromatic heterocycles. The van der Waals surface area contributed by atoms with Gasteiger partial charge in [-0.05, 0) is 79.9 Å². The van der Waals surface area contributed by atoms with Crippen molar-refractivity contribution in [2.24, 2.45) is 5.92 Å². The number of nitrogens with one attached hydrogen (secondary N) is 2. The first-order chi connectivity index (χ1) is 18.5. The number of para-hydroxylation sites is 1. The fraction of sp³-hybridized carbons (Fsp3) is 0.355. The summed E-state index contributed by atoms with van der Waals surface area (Å²) < 4.78 is 11.2.